The molecule has 0 saturated carbocycles. The van der Waals surface area contributed by atoms with Crippen LogP contribution in [0.3, 0.4) is 0 Å². The molecule has 0 radical (unpaired) electrons. The number of hydrogen-bond donors (Lipinski definition) is 0. The Morgan fingerprint density at radius 1 is 0.776 bits per heavy atom. The summed E-state index contributed by atoms with van der Waals surface area (Å²) in [5.41, 5.74) is -2.96. The highest BCUT2D eigenvalue weighted by Crippen LogP contribution is 2.39. The van der Waals surface area contributed by atoms with Gasteiger partial charge in [-0.05, 0) is 47.9 Å². The van der Waals surface area contributed by atoms with Gasteiger partial charge in [0.25, 0.3) is 6.43 Å². The van der Waals surface area contributed by atoms with Crippen molar-refractivity contribution in [1.82, 2.24) is 0 Å². The molecule has 0 aliphatic carbocycles. The molecule has 4 nitrogen and oxygen atoms in total. The highest BCUT2D eigenvalue weighted by Gasteiger charge is 2.38. The van der Waals surface area contributed by atoms with Crippen molar-refractivity contribution in [2.45, 2.75) is 38.6 Å². The lowest BCUT2D eigenvalue weighted by atomic mass is 10.00. The van der Waals surface area contributed by atoms with Crippen molar-refractivity contribution in [1.29, 1.82) is 0 Å². The maximum Gasteiger partial charge on any atom is 0.429 e. The Labute approximate surface area is 273 Å². The van der Waals surface area contributed by atoms with E-state index in [2.05, 4.69) is 9.47 Å². The van der Waals surface area contributed by atoms with Crippen LogP contribution in [-0.2, 0) is 15.6 Å². The molecule has 4 aromatic carbocycles. The van der Waals surface area contributed by atoms with E-state index in [9.17, 15) is 26.3 Å². The Kier molecular flexibility index (Phi) is 10.9. The summed E-state index contributed by atoms with van der Waals surface area (Å²) in [7, 11) is 0. The first kappa shape index (κ1) is 35.7. The molecule has 0 amide bonds. The molecular weight excluding hydrogens is 674 g/mol. The molecule has 0 N–H and O–H groups in total. The van der Waals surface area contributed by atoms with Crippen molar-refractivity contribution < 1.29 is 62.9 Å². The Bertz CT molecular complexity index is 1790. The van der Waals surface area contributed by atoms with E-state index in [0.29, 0.717) is 49.3 Å². The molecule has 1 saturated heterocycles. The molecule has 1 fully saturated rings. The molecule has 1 aliphatic rings. The highest BCUT2D eigenvalue weighted by atomic mass is 19.3. The first-order valence-electron chi connectivity index (χ1n) is 14.8. The van der Waals surface area contributed by atoms with Gasteiger partial charge in [0.05, 0.1) is 30.6 Å². The van der Waals surface area contributed by atoms with Gasteiger partial charge in [-0.3, -0.25) is 0 Å². The fourth-order valence-corrected chi connectivity index (χ4v) is 5.21. The molecule has 0 spiro atoms. The van der Waals surface area contributed by atoms with E-state index in [0.717, 1.165) is 25.0 Å². The van der Waals surface area contributed by atoms with Gasteiger partial charge in [-0.1, -0.05) is 31.5 Å². The van der Waals surface area contributed by atoms with Crippen molar-refractivity contribution in [3.05, 3.63) is 119 Å². The minimum Gasteiger partial charge on any atom is -0.459 e. The average molecular weight is 701 g/mol. The number of hydrogen-bond acceptors (Lipinski definition) is 4. The lowest BCUT2D eigenvalue weighted by Crippen LogP contribution is -2.27. The van der Waals surface area contributed by atoms with Gasteiger partial charge in [0.2, 0.25) is 0 Å². The van der Waals surface area contributed by atoms with E-state index in [4.69, 9.17) is 9.47 Å². The molecule has 0 aromatic heterocycles. The van der Waals surface area contributed by atoms with Crippen LogP contribution in [0.15, 0.2) is 73.0 Å². The predicted octanol–water partition coefficient (Wildman–Crippen LogP) is 10.6. The summed E-state index contributed by atoms with van der Waals surface area (Å²) in [4.78, 5) is 0. The minimum absolute atomic E-state index is 0.100. The van der Waals surface area contributed by atoms with E-state index in [1.807, 2.05) is 6.92 Å². The molecule has 260 valence electrons. The fourth-order valence-electron chi connectivity index (χ4n) is 5.21. The van der Waals surface area contributed by atoms with E-state index in [-0.39, 0.29) is 35.3 Å². The lowest BCUT2D eigenvalue weighted by Gasteiger charge is -2.29. The highest BCUT2D eigenvalue weighted by molar-refractivity contribution is 5.67. The second-order valence-electron chi connectivity index (χ2n) is 11.0. The SMILES string of the molecule is CCCC1COC(c2ccc(-c3ccc(C(F)(F)Oc4cc(F)c(-c5cc(F)c(OC=CC(F)F)c(F)c5)c(F)c4)c(F)c3)c(F)c2)OC1. The average Bonchev–Trinajstić information content (AvgIpc) is 3.02. The van der Waals surface area contributed by atoms with Gasteiger partial charge < -0.3 is 18.9 Å². The first-order valence-corrected chi connectivity index (χ1v) is 14.8. The number of rotatable bonds is 11. The second-order valence-corrected chi connectivity index (χ2v) is 11.0. The van der Waals surface area contributed by atoms with Crippen LogP contribution in [0.4, 0.5) is 43.9 Å². The number of halogens is 10. The number of benzene rings is 4. The second kappa shape index (κ2) is 14.9. The van der Waals surface area contributed by atoms with E-state index >= 15 is 17.6 Å². The number of alkyl halides is 4. The van der Waals surface area contributed by atoms with Crippen LogP contribution in [0.5, 0.6) is 11.5 Å². The van der Waals surface area contributed by atoms with E-state index in [1.165, 1.54) is 12.1 Å². The van der Waals surface area contributed by atoms with Crippen molar-refractivity contribution in [3.63, 3.8) is 0 Å². The summed E-state index contributed by atoms with van der Waals surface area (Å²) in [5, 5.41) is 0. The Hall–Kier alpha value is -4.56. The van der Waals surface area contributed by atoms with Crippen molar-refractivity contribution in [3.8, 4) is 33.8 Å². The van der Waals surface area contributed by atoms with Crippen molar-refractivity contribution in [2.75, 3.05) is 13.2 Å². The Balaban J connectivity index is 1.32. The van der Waals surface area contributed by atoms with E-state index < -0.39 is 81.9 Å². The molecule has 4 aromatic rings. The van der Waals surface area contributed by atoms with Crippen molar-refractivity contribution >= 4 is 0 Å². The van der Waals surface area contributed by atoms with Crippen LogP contribution in [0, 0.1) is 40.8 Å². The topological polar surface area (TPSA) is 36.9 Å². The van der Waals surface area contributed by atoms with Gasteiger partial charge in [0.15, 0.2) is 23.7 Å². The molecule has 0 bridgehead atoms. The fraction of sp³-hybridized carbons (Fsp3) is 0.257. The van der Waals surface area contributed by atoms with Gasteiger partial charge >= 0.3 is 6.11 Å². The summed E-state index contributed by atoms with van der Waals surface area (Å²) in [6.07, 6.45) is -5.92. The van der Waals surface area contributed by atoms with Crippen LogP contribution in [-0.4, -0.2) is 19.6 Å². The van der Waals surface area contributed by atoms with Gasteiger partial charge in [-0.25, -0.2) is 35.1 Å². The summed E-state index contributed by atoms with van der Waals surface area (Å²) in [5.74, 6) is -10.6. The lowest BCUT2D eigenvalue weighted by molar-refractivity contribution is -0.206. The van der Waals surface area contributed by atoms with Crippen molar-refractivity contribution in [2.24, 2.45) is 5.92 Å². The van der Waals surface area contributed by atoms with Crippen LogP contribution in [0.2, 0.25) is 0 Å². The Morgan fingerprint density at radius 2 is 1.41 bits per heavy atom. The van der Waals surface area contributed by atoms with Gasteiger partial charge in [-0.15, -0.1) is 0 Å². The monoisotopic (exact) mass is 700 g/mol. The standard InChI is InChI=1S/C35H26F10O4/c1-2-3-18-16-47-34(48-17-18)20-4-6-23(25(36)11-20)19-5-7-24(26(37)10-19)35(44,45)49-22-14-27(38)32(28(39)15-22)21-12-29(40)33(30(41)13-21)46-9-8-31(42)43/h4-15,18,31,34H,2-3,16-17H2,1H3. The zero-order valence-electron chi connectivity index (χ0n) is 25.4. The molecule has 5 rings (SSSR count). The van der Waals surface area contributed by atoms with Crippen LogP contribution >= 0.6 is 0 Å². The third-order valence-corrected chi connectivity index (χ3v) is 7.48. The molecule has 1 aliphatic heterocycles. The minimum atomic E-state index is -4.50. The summed E-state index contributed by atoms with van der Waals surface area (Å²) in [6.45, 7) is 2.90. The molecule has 14 heteroatoms. The molecular formula is C35H26F10O4. The summed E-state index contributed by atoms with van der Waals surface area (Å²) >= 11 is 0. The predicted molar refractivity (Wildman–Crippen MR) is 157 cm³/mol. The van der Waals surface area contributed by atoms with Gasteiger partial charge in [-0.2, -0.15) is 8.78 Å². The van der Waals surface area contributed by atoms with Crippen LogP contribution < -0.4 is 9.47 Å². The van der Waals surface area contributed by atoms with Gasteiger partial charge in [0.1, 0.15) is 29.0 Å². The molecule has 49 heavy (non-hydrogen) atoms. The number of allylic oxidation sites excluding steroid dienone is 1. The number of ether oxygens (including phenoxy) is 4. The van der Waals surface area contributed by atoms with Crippen LogP contribution in [0.25, 0.3) is 22.3 Å². The maximum atomic E-state index is 15.1. The van der Waals surface area contributed by atoms with Crippen LogP contribution in [0.1, 0.15) is 37.2 Å². The summed E-state index contributed by atoms with van der Waals surface area (Å²) < 4.78 is 163. The molecule has 1 heterocycles. The third-order valence-electron chi connectivity index (χ3n) is 7.48. The quantitative estimate of drug-likeness (QED) is 0.115. The largest absolute Gasteiger partial charge is 0.459 e. The maximum absolute atomic E-state index is 15.1. The summed E-state index contributed by atoms with van der Waals surface area (Å²) in [6, 6.07) is 7.63. The first-order chi connectivity index (χ1) is 23.3. The van der Waals surface area contributed by atoms with Gasteiger partial charge in [0, 0.05) is 35.3 Å². The smallest absolute Gasteiger partial charge is 0.429 e. The molecule has 0 unspecified atom stereocenters. The Morgan fingerprint density at radius 3 is 1.98 bits per heavy atom. The van der Waals surface area contributed by atoms with E-state index in [1.54, 1.807) is 0 Å². The zero-order chi connectivity index (χ0) is 35.5. The third kappa shape index (κ3) is 8.19. The normalized spacial score (nSPS) is 16.8. The molecule has 0 atom stereocenters. The zero-order valence-corrected chi connectivity index (χ0v) is 25.4.